The maximum atomic E-state index is 6.19. The number of hydrogen-bond acceptors (Lipinski definition) is 5. The van der Waals surface area contributed by atoms with Crippen LogP contribution in [-0.2, 0) is 17.9 Å². The van der Waals surface area contributed by atoms with Crippen molar-refractivity contribution in [3.05, 3.63) is 89.6 Å². The fourth-order valence-corrected chi connectivity index (χ4v) is 5.33. The molecule has 0 saturated heterocycles. The van der Waals surface area contributed by atoms with Gasteiger partial charge >= 0.3 is 0 Å². The van der Waals surface area contributed by atoms with E-state index in [2.05, 4.69) is 53.5 Å². The molecule has 0 radical (unpaired) electrons. The van der Waals surface area contributed by atoms with Crippen molar-refractivity contribution in [3.63, 3.8) is 0 Å². The van der Waals surface area contributed by atoms with Gasteiger partial charge in [0.05, 0.1) is 24.4 Å². The lowest BCUT2D eigenvalue weighted by atomic mass is 9.95. The minimum absolute atomic E-state index is 0.0937. The summed E-state index contributed by atoms with van der Waals surface area (Å²) < 4.78 is 20.6. The number of halogens is 1. The van der Waals surface area contributed by atoms with Crippen molar-refractivity contribution >= 4 is 19.7 Å². The van der Waals surface area contributed by atoms with Crippen molar-refractivity contribution in [1.29, 1.82) is 0 Å². The number of fused-ring (bicyclic) bond motifs is 1. The van der Waals surface area contributed by atoms with Crippen LogP contribution in [0.25, 0.3) is 11.3 Å². The van der Waals surface area contributed by atoms with Gasteiger partial charge in [-0.05, 0) is 47.9 Å². The normalized spacial score (nSPS) is 15.2. The second-order valence-electron chi connectivity index (χ2n) is 10.5. The molecular weight excluding hydrogens is 502 g/mol. The molecule has 1 aliphatic rings. The number of benzene rings is 2. The Bertz CT molecular complexity index is 1350. The molecule has 2 aromatic carbocycles. The molecule has 37 heavy (non-hydrogen) atoms. The van der Waals surface area contributed by atoms with Crippen molar-refractivity contribution < 1.29 is 14.2 Å². The van der Waals surface area contributed by atoms with Crippen molar-refractivity contribution in [2.24, 2.45) is 0 Å². The lowest BCUT2D eigenvalue weighted by Gasteiger charge is -2.26. The largest absolute Gasteiger partial charge is 0.493 e. The van der Waals surface area contributed by atoms with Crippen LogP contribution in [-0.4, -0.2) is 35.8 Å². The average molecular weight is 534 g/mol. The van der Waals surface area contributed by atoms with Crippen LogP contribution in [0.3, 0.4) is 0 Å². The van der Waals surface area contributed by atoms with Crippen molar-refractivity contribution in [2.75, 3.05) is 13.2 Å². The van der Waals surface area contributed by atoms with E-state index in [4.69, 9.17) is 30.8 Å². The van der Waals surface area contributed by atoms with Crippen LogP contribution < -0.4 is 9.47 Å². The molecule has 1 unspecified atom stereocenters. The van der Waals surface area contributed by atoms with Gasteiger partial charge in [-0.25, -0.2) is 9.97 Å². The number of nitrogens with zero attached hydrogens (tertiary/aromatic N) is 3. The molecule has 6 nitrogen and oxygen atoms in total. The molecule has 5 rings (SSSR count). The summed E-state index contributed by atoms with van der Waals surface area (Å²) in [5.41, 5.74) is 3.27. The summed E-state index contributed by atoms with van der Waals surface area (Å²) in [6.07, 6.45) is 4.38. The van der Waals surface area contributed by atoms with Crippen molar-refractivity contribution in [1.82, 2.24) is 14.5 Å². The first-order valence-corrected chi connectivity index (χ1v) is 16.7. The van der Waals surface area contributed by atoms with E-state index in [0.29, 0.717) is 24.2 Å². The van der Waals surface area contributed by atoms with Gasteiger partial charge in [-0.3, -0.25) is 0 Å². The molecule has 0 saturated carbocycles. The summed E-state index contributed by atoms with van der Waals surface area (Å²) in [4.78, 5) is 8.89. The zero-order valence-electron chi connectivity index (χ0n) is 21.5. The molecule has 1 aliphatic heterocycles. The van der Waals surface area contributed by atoms with Gasteiger partial charge in [0, 0.05) is 26.9 Å². The van der Waals surface area contributed by atoms with Crippen LogP contribution in [0.1, 0.15) is 17.3 Å². The van der Waals surface area contributed by atoms with Crippen LogP contribution in [0, 0.1) is 0 Å². The maximum absolute atomic E-state index is 6.19. The van der Waals surface area contributed by atoms with E-state index in [1.165, 1.54) is 0 Å². The Kier molecular flexibility index (Phi) is 7.65. The van der Waals surface area contributed by atoms with Crippen LogP contribution in [0.5, 0.6) is 17.2 Å². The molecule has 0 spiro atoms. The molecule has 3 heterocycles. The first-order valence-electron chi connectivity index (χ1n) is 12.6. The summed E-state index contributed by atoms with van der Waals surface area (Å²) in [5.74, 6) is 3.32. The highest BCUT2D eigenvalue weighted by Crippen LogP contribution is 2.37. The van der Waals surface area contributed by atoms with E-state index in [0.717, 1.165) is 53.2 Å². The van der Waals surface area contributed by atoms with Gasteiger partial charge in [-0.2, -0.15) is 0 Å². The van der Waals surface area contributed by atoms with Crippen LogP contribution >= 0.6 is 11.6 Å². The van der Waals surface area contributed by atoms with E-state index in [1.807, 2.05) is 30.5 Å². The Labute approximate surface area is 224 Å². The maximum Gasteiger partial charge on any atom is 0.132 e. The van der Waals surface area contributed by atoms with E-state index in [-0.39, 0.29) is 5.92 Å². The van der Waals surface area contributed by atoms with Gasteiger partial charge < -0.3 is 18.8 Å². The summed E-state index contributed by atoms with van der Waals surface area (Å²) >= 11 is 6.01. The number of pyridine rings is 1. The zero-order valence-corrected chi connectivity index (χ0v) is 23.2. The Morgan fingerprint density at radius 1 is 1.03 bits per heavy atom. The average Bonchev–Trinajstić information content (AvgIpc) is 3.30. The zero-order chi connectivity index (χ0) is 25.8. The summed E-state index contributed by atoms with van der Waals surface area (Å²) in [7, 11) is -1.17. The number of aromatic nitrogens is 3. The molecule has 0 fully saturated rings. The van der Waals surface area contributed by atoms with Gasteiger partial charge in [0.2, 0.25) is 0 Å². The summed E-state index contributed by atoms with van der Waals surface area (Å²) in [6, 6.07) is 20.9. The smallest absolute Gasteiger partial charge is 0.132 e. The van der Waals surface area contributed by atoms with Gasteiger partial charge in [0.1, 0.15) is 35.0 Å². The van der Waals surface area contributed by atoms with Crippen LogP contribution in [0.2, 0.25) is 30.8 Å². The molecule has 2 aromatic heterocycles. The molecular formula is C29H32ClN3O3Si. The molecule has 8 heteroatoms. The first-order chi connectivity index (χ1) is 17.9. The molecule has 1 atom stereocenters. The van der Waals surface area contributed by atoms with Crippen LogP contribution in [0.4, 0.5) is 0 Å². The van der Waals surface area contributed by atoms with Gasteiger partial charge in [0.25, 0.3) is 0 Å². The standard InChI is InChI=1S/C29H32ClN3O3Si/c1-37(2,3)14-13-34-20-33-26(21-7-5-4-6-8-21)18-32-29(33)23-15-22-16-24(9-10-27(22)35-19-23)36-25-11-12-31-28(30)17-25/h4-12,16-18,23H,13-15,19-20H2,1-3H3. The molecule has 0 bridgehead atoms. The number of ether oxygens (including phenoxy) is 3. The van der Waals surface area contributed by atoms with Gasteiger partial charge in [-0.1, -0.05) is 61.6 Å². The highest BCUT2D eigenvalue weighted by atomic mass is 35.5. The SMILES string of the molecule is C[Si](C)(C)CCOCn1c(-c2ccccc2)cnc1C1COc2ccc(Oc3ccnc(Cl)c3)cc2C1. The third-order valence-electron chi connectivity index (χ3n) is 6.41. The second kappa shape index (κ2) is 11.1. The number of rotatable bonds is 9. The molecule has 4 aromatic rings. The Morgan fingerprint density at radius 3 is 2.62 bits per heavy atom. The third-order valence-corrected chi connectivity index (χ3v) is 8.32. The molecule has 0 N–H and O–H groups in total. The van der Waals surface area contributed by atoms with E-state index in [1.54, 1.807) is 18.3 Å². The summed E-state index contributed by atoms with van der Waals surface area (Å²) in [6.45, 7) is 8.89. The number of imidazole rings is 1. The fourth-order valence-electron chi connectivity index (χ4n) is 4.41. The Morgan fingerprint density at radius 2 is 1.84 bits per heavy atom. The minimum Gasteiger partial charge on any atom is -0.493 e. The van der Waals surface area contributed by atoms with Crippen LogP contribution in [0.15, 0.2) is 73.1 Å². The topological polar surface area (TPSA) is 58.4 Å². The van der Waals surface area contributed by atoms with E-state index < -0.39 is 8.07 Å². The lowest BCUT2D eigenvalue weighted by molar-refractivity contribution is 0.0841. The fraction of sp³-hybridized carbons (Fsp3) is 0.310. The van der Waals surface area contributed by atoms with Crippen molar-refractivity contribution in [2.45, 2.75) is 44.8 Å². The first kappa shape index (κ1) is 25.5. The Balaban J connectivity index is 1.38. The Hall–Kier alpha value is -3.13. The minimum atomic E-state index is -1.17. The van der Waals surface area contributed by atoms with Crippen molar-refractivity contribution in [3.8, 4) is 28.5 Å². The lowest BCUT2D eigenvalue weighted by Crippen LogP contribution is -2.24. The highest BCUT2D eigenvalue weighted by molar-refractivity contribution is 6.76. The third kappa shape index (κ3) is 6.42. The molecule has 0 aliphatic carbocycles. The number of hydrogen-bond donors (Lipinski definition) is 0. The predicted octanol–water partition coefficient (Wildman–Crippen LogP) is 7.42. The quantitative estimate of drug-likeness (QED) is 0.127. The molecule has 0 amide bonds. The van der Waals surface area contributed by atoms with E-state index >= 15 is 0 Å². The van der Waals surface area contributed by atoms with Gasteiger partial charge in [-0.15, -0.1) is 0 Å². The van der Waals surface area contributed by atoms with Gasteiger partial charge in [0.15, 0.2) is 0 Å². The highest BCUT2D eigenvalue weighted by Gasteiger charge is 2.27. The second-order valence-corrected chi connectivity index (χ2v) is 16.6. The van der Waals surface area contributed by atoms with E-state index in [9.17, 15) is 0 Å². The molecule has 192 valence electrons. The predicted molar refractivity (Wildman–Crippen MR) is 149 cm³/mol. The summed E-state index contributed by atoms with van der Waals surface area (Å²) in [5, 5.41) is 0.395. The monoisotopic (exact) mass is 533 g/mol.